The summed E-state index contributed by atoms with van der Waals surface area (Å²) in [7, 11) is 0. The summed E-state index contributed by atoms with van der Waals surface area (Å²) in [5, 5.41) is 0. The summed E-state index contributed by atoms with van der Waals surface area (Å²) in [5.41, 5.74) is 0. The Hall–Kier alpha value is -0.0800. The minimum absolute atomic E-state index is 0.566. The second kappa shape index (κ2) is 5.86. The van der Waals surface area contributed by atoms with Gasteiger partial charge in [0.1, 0.15) is 0 Å². The third-order valence-corrected chi connectivity index (χ3v) is 3.92. The zero-order chi connectivity index (χ0) is 10.5. The highest BCUT2D eigenvalue weighted by Gasteiger charge is 2.22. The molecule has 0 N–H and O–H groups in total. The zero-order valence-corrected chi connectivity index (χ0v) is 10.1. The Morgan fingerprint density at radius 3 is 2.13 bits per heavy atom. The lowest BCUT2D eigenvalue weighted by atomic mass is 9.97. The molecule has 0 bridgehead atoms. The standard InChI is InChI=1S/C13H25NO/c1-2-14-10-8-13(9-11-14)15-12-6-4-3-5-7-12/h12-13H,2-11H2,1H3. The zero-order valence-electron chi connectivity index (χ0n) is 10.1. The first-order valence-corrected chi connectivity index (χ1v) is 6.76. The van der Waals surface area contributed by atoms with E-state index in [1.54, 1.807) is 0 Å². The van der Waals surface area contributed by atoms with Gasteiger partial charge in [-0.2, -0.15) is 0 Å². The Kier molecular flexibility index (Phi) is 4.45. The lowest BCUT2D eigenvalue weighted by Crippen LogP contribution is -2.38. The molecule has 2 heteroatoms. The van der Waals surface area contributed by atoms with Gasteiger partial charge in [0, 0.05) is 13.1 Å². The number of piperidine rings is 1. The molecule has 0 atom stereocenters. The van der Waals surface area contributed by atoms with Crippen LogP contribution in [0.15, 0.2) is 0 Å². The summed E-state index contributed by atoms with van der Waals surface area (Å²) in [6, 6.07) is 0. The second-order valence-corrected chi connectivity index (χ2v) is 5.03. The van der Waals surface area contributed by atoms with Crippen molar-refractivity contribution in [2.45, 2.75) is 64.1 Å². The van der Waals surface area contributed by atoms with Crippen molar-refractivity contribution >= 4 is 0 Å². The Balaban J connectivity index is 1.67. The predicted octanol–water partition coefficient (Wildman–Crippen LogP) is 2.82. The van der Waals surface area contributed by atoms with Gasteiger partial charge in [0.25, 0.3) is 0 Å². The number of ether oxygens (including phenoxy) is 1. The second-order valence-electron chi connectivity index (χ2n) is 5.03. The van der Waals surface area contributed by atoms with Gasteiger partial charge in [-0.25, -0.2) is 0 Å². The molecule has 2 rings (SSSR count). The Morgan fingerprint density at radius 2 is 1.53 bits per heavy atom. The number of hydrogen-bond acceptors (Lipinski definition) is 2. The molecule has 0 spiro atoms. The summed E-state index contributed by atoms with van der Waals surface area (Å²) in [5.74, 6) is 0. The molecule has 1 heterocycles. The molecule has 15 heavy (non-hydrogen) atoms. The van der Waals surface area contributed by atoms with Crippen molar-refractivity contribution in [2.24, 2.45) is 0 Å². The van der Waals surface area contributed by atoms with E-state index in [2.05, 4.69) is 11.8 Å². The van der Waals surface area contributed by atoms with Gasteiger partial charge in [-0.05, 0) is 32.2 Å². The van der Waals surface area contributed by atoms with Crippen molar-refractivity contribution in [3.63, 3.8) is 0 Å². The molecule has 1 aliphatic carbocycles. The summed E-state index contributed by atoms with van der Waals surface area (Å²) in [4.78, 5) is 2.53. The SMILES string of the molecule is CCN1CCC(OC2CCCCC2)CC1. The molecule has 2 aliphatic rings. The monoisotopic (exact) mass is 211 g/mol. The predicted molar refractivity (Wildman–Crippen MR) is 63.1 cm³/mol. The number of hydrogen-bond donors (Lipinski definition) is 0. The normalized spacial score (nSPS) is 27.0. The van der Waals surface area contributed by atoms with E-state index in [9.17, 15) is 0 Å². The van der Waals surface area contributed by atoms with E-state index in [4.69, 9.17) is 4.74 Å². The maximum absolute atomic E-state index is 6.20. The minimum atomic E-state index is 0.566. The largest absolute Gasteiger partial charge is 0.375 e. The molecule has 1 saturated heterocycles. The molecule has 0 radical (unpaired) electrons. The molecule has 2 fully saturated rings. The van der Waals surface area contributed by atoms with Crippen LogP contribution in [0, 0.1) is 0 Å². The van der Waals surface area contributed by atoms with Gasteiger partial charge in [-0.1, -0.05) is 26.2 Å². The highest BCUT2D eigenvalue weighted by Crippen LogP contribution is 2.24. The Morgan fingerprint density at radius 1 is 0.933 bits per heavy atom. The maximum Gasteiger partial charge on any atom is 0.0603 e. The van der Waals surface area contributed by atoms with Crippen LogP contribution in [0.3, 0.4) is 0 Å². The van der Waals surface area contributed by atoms with E-state index in [1.807, 2.05) is 0 Å². The van der Waals surface area contributed by atoms with E-state index in [1.165, 1.54) is 64.6 Å². The molecular formula is C13H25NO. The van der Waals surface area contributed by atoms with Crippen molar-refractivity contribution in [3.05, 3.63) is 0 Å². The number of nitrogens with zero attached hydrogens (tertiary/aromatic N) is 1. The first-order valence-electron chi connectivity index (χ1n) is 6.76. The summed E-state index contributed by atoms with van der Waals surface area (Å²) < 4.78 is 6.20. The highest BCUT2D eigenvalue weighted by atomic mass is 16.5. The van der Waals surface area contributed by atoms with Gasteiger partial charge in [-0.15, -0.1) is 0 Å². The van der Waals surface area contributed by atoms with Crippen LogP contribution in [0.1, 0.15) is 51.9 Å². The lowest BCUT2D eigenvalue weighted by Gasteiger charge is -2.34. The molecule has 0 aromatic carbocycles. The molecule has 0 amide bonds. The van der Waals surface area contributed by atoms with Crippen LogP contribution in [-0.2, 0) is 4.74 Å². The molecule has 0 aromatic heterocycles. The van der Waals surface area contributed by atoms with Gasteiger partial charge >= 0.3 is 0 Å². The van der Waals surface area contributed by atoms with Crippen LogP contribution >= 0.6 is 0 Å². The van der Waals surface area contributed by atoms with E-state index >= 15 is 0 Å². The fourth-order valence-electron chi connectivity index (χ4n) is 2.83. The Labute approximate surface area is 94.0 Å². The number of likely N-dealkylation sites (tertiary alicyclic amines) is 1. The van der Waals surface area contributed by atoms with Crippen molar-refractivity contribution in [3.8, 4) is 0 Å². The molecular weight excluding hydrogens is 186 g/mol. The van der Waals surface area contributed by atoms with Crippen LogP contribution in [-0.4, -0.2) is 36.7 Å². The van der Waals surface area contributed by atoms with E-state index < -0.39 is 0 Å². The van der Waals surface area contributed by atoms with Crippen LogP contribution in [0.5, 0.6) is 0 Å². The number of rotatable bonds is 3. The van der Waals surface area contributed by atoms with Gasteiger partial charge in [0.2, 0.25) is 0 Å². The van der Waals surface area contributed by atoms with E-state index in [-0.39, 0.29) is 0 Å². The maximum atomic E-state index is 6.20. The third-order valence-electron chi connectivity index (χ3n) is 3.92. The van der Waals surface area contributed by atoms with Crippen LogP contribution < -0.4 is 0 Å². The summed E-state index contributed by atoms with van der Waals surface area (Å²) >= 11 is 0. The van der Waals surface area contributed by atoms with Crippen molar-refractivity contribution in [1.29, 1.82) is 0 Å². The topological polar surface area (TPSA) is 12.5 Å². The third kappa shape index (κ3) is 3.46. The molecule has 2 nitrogen and oxygen atoms in total. The van der Waals surface area contributed by atoms with E-state index in [0.29, 0.717) is 12.2 Å². The van der Waals surface area contributed by atoms with Crippen molar-refractivity contribution in [1.82, 2.24) is 4.90 Å². The van der Waals surface area contributed by atoms with Gasteiger partial charge < -0.3 is 9.64 Å². The van der Waals surface area contributed by atoms with Crippen LogP contribution in [0.25, 0.3) is 0 Å². The van der Waals surface area contributed by atoms with Crippen LogP contribution in [0.2, 0.25) is 0 Å². The van der Waals surface area contributed by atoms with Gasteiger partial charge in [-0.3, -0.25) is 0 Å². The fourth-order valence-corrected chi connectivity index (χ4v) is 2.83. The molecule has 88 valence electrons. The fraction of sp³-hybridized carbons (Fsp3) is 1.00. The average molecular weight is 211 g/mol. The van der Waals surface area contributed by atoms with Crippen molar-refractivity contribution in [2.75, 3.05) is 19.6 Å². The first-order chi connectivity index (χ1) is 7.38. The van der Waals surface area contributed by atoms with Crippen LogP contribution in [0.4, 0.5) is 0 Å². The van der Waals surface area contributed by atoms with Gasteiger partial charge in [0.05, 0.1) is 12.2 Å². The minimum Gasteiger partial charge on any atom is -0.375 e. The molecule has 0 aromatic rings. The quantitative estimate of drug-likeness (QED) is 0.712. The first kappa shape index (κ1) is 11.4. The highest BCUT2D eigenvalue weighted by molar-refractivity contribution is 4.74. The lowest BCUT2D eigenvalue weighted by molar-refractivity contribution is -0.0552. The molecule has 0 unspecified atom stereocenters. The average Bonchev–Trinajstić information content (AvgIpc) is 2.31. The van der Waals surface area contributed by atoms with Crippen molar-refractivity contribution < 1.29 is 4.74 Å². The molecule has 1 aliphatic heterocycles. The Bertz CT molecular complexity index is 169. The molecule has 1 saturated carbocycles. The van der Waals surface area contributed by atoms with E-state index in [0.717, 1.165) is 0 Å². The van der Waals surface area contributed by atoms with Gasteiger partial charge in [0.15, 0.2) is 0 Å². The smallest absolute Gasteiger partial charge is 0.0603 e. The summed E-state index contributed by atoms with van der Waals surface area (Å²) in [6.45, 7) is 5.94. The summed E-state index contributed by atoms with van der Waals surface area (Å²) in [6.07, 6.45) is 10.5.